The second-order valence-electron chi connectivity index (χ2n) is 6.63. The molecule has 1 atom stereocenters. The molecular weight excluding hydrogens is 280 g/mol. The van der Waals surface area contributed by atoms with Crippen molar-refractivity contribution in [1.82, 2.24) is 9.97 Å². The van der Waals surface area contributed by atoms with Gasteiger partial charge in [-0.05, 0) is 17.4 Å². The van der Waals surface area contributed by atoms with Crippen LogP contribution in [-0.4, -0.2) is 9.97 Å². The topological polar surface area (TPSA) is 63.8 Å². The number of anilines is 2. The molecule has 0 aliphatic carbocycles. The number of rotatable bonds is 4. The summed E-state index contributed by atoms with van der Waals surface area (Å²) in [5.74, 6) is 2.52. The van der Waals surface area contributed by atoms with E-state index in [1.807, 2.05) is 0 Å². The van der Waals surface area contributed by atoms with Crippen molar-refractivity contribution in [2.24, 2.45) is 5.92 Å². The first-order valence-corrected chi connectivity index (χ1v) is 8.10. The first-order valence-electron chi connectivity index (χ1n) is 7.22. The number of nitrogens with two attached hydrogens (primary N) is 1. The van der Waals surface area contributed by atoms with Gasteiger partial charge in [0.05, 0.1) is 6.04 Å². The summed E-state index contributed by atoms with van der Waals surface area (Å²) in [6.45, 7) is 10.7. The number of hydrogen-bond donors (Lipinski definition) is 2. The van der Waals surface area contributed by atoms with E-state index in [1.165, 1.54) is 4.88 Å². The van der Waals surface area contributed by atoms with Gasteiger partial charge in [-0.15, -0.1) is 11.3 Å². The van der Waals surface area contributed by atoms with E-state index in [-0.39, 0.29) is 11.5 Å². The number of hydrogen-bond acceptors (Lipinski definition) is 5. The minimum atomic E-state index is -0.123. The largest absolute Gasteiger partial charge is 0.384 e. The zero-order valence-electron chi connectivity index (χ0n) is 13.3. The Morgan fingerprint density at radius 3 is 2.48 bits per heavy atom. The molecule has 1 unspecified atom stereocenters. The monoisotopic (exact) mass is 304 g/mol. The molecule has 0 saturated carbocycles. The van der Waals surface area contributed by atoms with E-state index in [4.69, 9.17) is 5.73 Å². The van der Waals surface area contributed by atoms with Crippen molar-refractivity contribution >= 4 is 23.0 Å². The maximum atomic E-state index is 5.94. The molecule has 0 aliphatic heterocycles. The van der Waals surface area contributed by atoms with Crippen LogP contribution in [0, 0.1) is 5.92 Å². The summed E-state index contributed by atoms with van der Waals surface area (Å²) < 4.78 is 0. The van der Waals surface area contributed by atoms with E-state index >= 15 is 0 Å². The summed E-state index contributed by atoms with van der Waals surface area (Å²) in [5.41, 5.74) is 5.82. The molecular formula is C16H24N4S. The van der Waals surface area contributed by atoms with Gasteiger partial charge in [0, 0.05) is 16.4 Å². The molecule has 2 rings (SSSR count). The first-order chi connectivity index (χ1) is 9.77. The van der Waals surface area contributed by atoms with Crippen LogP contribution in [0.5, 0.6) is 0 Å². The molecule has 3 N–H and O–H groups in total. The van der Waals surface area contributed by atoms with Gasteiger partial charge in [0.25, 0.3) is 0 Å². The lowest BCUT2D eigenvalue weighted by Gasteiger charge is -2.24. The molecule has 0 aliphatic rings. The lowest BCUT2D eigenvalue weighted by atomic mass is 9.95. The molecule has 2 aromatic heterocycles. The second kappa shape index (κ2) is 6.02. The van der Waals surface area contributed by atoms with Crippen LogP contribution in [0.1, 0.15) is 51.4 Å². The molecule has 0 bridgehead atoms. The van der Waals surface area contributed by atoms with Crippen molar-refractivity contribution in [2.75, 3.05) is 11.1 Å². The normalized spacial score (nSPS) is 13.4. The smallest absolute Gasteiger partial charge is 0.138 e. The van der Waals surface area contributed by atoms with Crippen molar-refractivity contribution < 1.29 is 0 Å². The van der Waals surface area contributed by atoms with Gasteiger partial charge in [-0.2, -0.15) is 0 Å². The molecule has 0 saturated heterocycles. The Morgan fingerprint density at radius 2 is 1.95 bits per heavy atom. The Hall–Kier alpha value is -1.62. The third kappa shape index (κ3) is 3.94. The summed E-state index contributed by atoms with van der Waals surface area (Å²) in [4.78, 5) is 10.3. The minimum Gasteiger partial charge on any atom is -0.384 e. The van der Waals surface area contributed by atoms with Gasteiger partial charge in [-0.25, -0.2) is 9.97 Å². The predicted octanol–water partition coefficient (Wildman–Crippen LogP) is 4.23. The van der Waals surface area contributed by atoms with Crippen LogP contribution in [0.4, 0.5) is 11.6 Å². The van der Waals surface area contributed by atoms with Gasteiger partial charge in [-0.3, -0.25) is 0 Å². The van der Waals surface area contributed by atoms with Crippen LogP contribution in [0.15, 0.2) is 23.6 Å². The average Bonchev–Trinajstić information content (AvgIpc) is 2.87. The van der Waals surface area contributed by atoms with E-state index in [1.54, 1.807) is 17.4 Å². The first kappa shape index (κ1) is 15.8. The van der Waals surface area contributed by atoms with Crippen molar-refractivity contribution in [3.63, 3.8) is 0 Å². The highest BCUT2D eigenvalue weighted by molar-refractivity contribution is 7.10. The fraction of sp³-hybridized carbons (Fsp3) is 0.500. The van der Waals surface area contributed by atoms with E-state index in [9.17, 15) is 0 Å². The number of nitrogens with one attached hydrogen (secondary N) is 1. The zero-order valence-corrected chi connectivity index (χ0v) is 14.2. The molecule has 21 heavy (non-hydrogen) atoms. The summed E-state index contributed by atoms with van der Waals surface area (Å²) in [6, 6.07) is 6.26. The van der Waals surface area contributed by atoms with Crippen molar-refractivity contribution in [1.29, 1.82) is 0 Å². The summed E-state index contributed by atoms with van der Waals surface area (Å²) >= 11 is 1.76. The van der Waals surface area contributed by atoms with Crippen molar-refractivity contribution in [2.45, 2.75) is 46.1 Å². The minimum absolute atomic E-state index is 0.123. The maximum absolute atomic E-state index is 5.94. The van der Waals surface area contributed by atoms with Crippen LogP contribution in [0.25, 0.3) is 0 Å². The molecule has 5 heteroatoms. The lowest BCUT2D eigenvalue weighted by Crippen LogP contribution is -2.21. The van der Waals surface area contributed by atoms with E-state index < -0.39 is 0 Å². The highest BCUT2D eigenvalue weighted by atomic mass is 32.1. The molecule has 0 aromatic carbocycles. The van der Waals surface area contributed by atoms with Gasteiger partial charge in [0.15, 0.2) is 0 Å². The number of aromatic nitrogens is 2. The lowest BCUT2D eigenvalue weighted by molar-refractivity contribution is 0.537. The molecule has 2 heterocycles. The Labute approximate surface area is 130 Å². The second-order valence-corrected chi connectivity index (χ2v) is 7.61. The number of nitrogens with zero attached hydrogens (tertiary/aromatic N) is 2. The quantitative estimate of drug-likeness (QED) is 0.887. The Morgan fingerprint density at radius 1 is 1.24 bits per heavy atom. The van der Waals surface area contributed by atoms with Gasteiger partial charge >= 0.3 is 0 Å². The van der Waals surface area contributed by atoms with Crippen LogP contribution < -0.4 is 11.1 Å². The molecule has 0 amide bonds. The maximum Gasteiger partial charge on any atom is 0.138 e. The van der Waals surface area contributed by atoms with Crippen molar-refractivity contribution in [3.05, 3.63) is 34.3 Å². The molecule has 4 nitrogen and oxygen atoms in total. The third-order valence-electron chi connectivity index (χ3n) is 3.24. The SMILES string of the molecule is CC(C)C(Nc1cc(N)nc(C(C)(C)C)n1)c1cccs1. The summed E-state index contributed by atoms with van der Waals surface area (Å²) in [5, 5.41) is 5.61. The number of nitrogen functional groups attached to an aromatic ring is 1. The third-order valence-corrected chi connectivity index (χ3v) is 4.19. The standard InChI is InChI=1S/C16H24N4S/c1-10(2)14(11-7-6-8-21-11)19-13-9-12(17)18-15(20-13)16(3,4)5/h6-10,14H,1-5H3,(H3,17,18,19,20). The zero-order chi connectivity index (χ0) is 15.6. The molecule has 0 radical (unpaired) electrons. The highest BCUT2D eigenvalue weighted by Gasteiger charge is 2.21. The number of thiophene rings is 1. The van der Waals surface area contributed by atoms with Gasteiger partial charge in [0.1, 0.15) is 17.5 Å². The highest BCUT2D eigenvalue weighted by Crippen LogP contribution is 2.30. The molecule has 114 valence electrons. The van der Waals surface area contributed by atoms with Crippen LogP contribution in [0.3, 0.4) is 0 Å². The van der Waals surface area contributed by atoms with Crippen LogP contribution >= 0.6 is 11.3 Å². The Kier molecular flexibility index (Phi) is 4.52. The van der Waals surface area contributed by atoms with E-state index in [2.05, 4.69) is 67.4 Å². The Balaban J connectivity index is 2.31. The van der Waals surface area contributed by atoms with Gasteiger partial charge in [-0.1, -0.05) is 40.7 Å². The predicted molar refractivity (Wildman–Crippen MR) is 90.7 cm³/mol. The fourth-order valence-electron chi connectivity index (χ4n) is 2.07. The van der Waals surface area contributed by atoms with Crippen LogP contribution in [0.2, 0.25) is 0 Å². The van der Waals surface area contributed by atoms with E-state index in [0.717, 1.165) is 11.6 Å². The van der Waals surface area contributed by atoms with Crippen LogP contribution in [-0.2, 0) is 5.41 Å². The molecule has 0 spiro atoms. The van der Waals surface area contributed by atoms with Crippen molar-refractivity contribution in [3.8, 4) is 0 Å². The van der Waals surface area contributed by atoms with E-state index in [0.29, 0.717) is 11.7 Å². The summed E-state index contributed by atoms with van der Waals surface area (Å²) in [7, 11) is 0. The molecule has 2 aromatic rings. The van der Waals surface area contributed by atoms with Gasteiger partial charge in [0.2, 0.25) is 0 Å². The Bertz CT molecular complexity index is 585. The fourth-order valence-corrected chi connectivity index (χ4v) is 3.02. The van der Waals surface area contributed by atoms with Gasteiger partial charge < -0.3 is 11.1 Å². The summed E-state index contributed by atoms with van der Waals surface area (Å²) in [6.07, 6.45) is 0. The average molecular weight is 304 g/mol. The molecule has 0 fully saturated rings.